The third kappa shape index (κ3) is 5.80. The maximum Gasteiger partial charge on any atom is 0.424 e. The summed E-state index contributed by atoms with van der Waals surface area (Å²) in [5.74, 6) is 1.12. The van der Waals surface area contributed by atoms with Gasteiger partial charge in [-0.15, -0.1) is 0 Å². The lowest BCUT2D eigenvalue weighted by molar-refractivity contribution is 0.104. The van der Waals surface area contributed by atoms with Crippen molar-refractivity contribution >= 4 is 29.3 Å². The molecule has 0 aromatic heterocycles. The fraction of sp³-hybridized carbons (Fsp3) is 0.0667. The third-order valence-electron chi connectivity index (χ3n) is 5.37. The molecule has 0 atom stereocenters. The molecule has 36 heavy (non-hydrogen) atoms. The van der Waals surface area contributed by atoms with Crippen LogP contribution < -0.4 is 19.1 Å². The predicted molar refractivity (Wildman–Crippen MR) is 140 cm³/mol. The van der Waals surface area contributed by atoms with Crippen molar-refractivity contribution in [3.63, 3.8) is 0 Å². The van der Waals surface area contributed by atoms with E-state index in [-0.39, 0.29) is 5.78 Å². The van der Waals surface area contributed by atoms with E-state index in [0.29, 0.717) is 39.8 Å². The van der Waals surface area contributed by atoms with E-state index in [0.717, 1.165) is 0 Å². The maximum absolute atomic E-state index is 13.2. The van der Waals surface area contributed by atoms with Crippen LogP contribution in [0.25, 0.3) is 6.08 Å². The van der Waals surface area contributed by atoms with Crippen LogP contribution in [-0.4, -0.2) is 26.1 Å². The Hall–Kier alpha value is -4.84. The van der Waals surface area contributed by atoms with Crippen LogP contribution in [0, 0.1) is 0 Å². The largest absolute Gasteiger partial charge is 0.497 e. The molecule has 0 fully saturated rings. The Morgan fingerprint density at radius 2 is 1.36 bits per heavy atom. The average molecular weight is 480 g/mol. The summed E-state index contributed by atoms with van der Waals surface area (Å²) in [5, 5.41) is 0. The number of ketones is 1. The highest BCUT2D eigenvalue weighted by atomic mass is 16.6. The molecule has 6 nitrogen and oxygen atoms in total. The van der Waals surface area contributed by atoms with Gasteiger partial charge in [-0.3, -0.25) is 4.79 Å². The van der Waals surface area contributed by atoms with Crippen molar-refractivity contribution in [1.29, 1.82) is 0 Å². The quantitative estimate of drug-likeness (QED) is 0.202. The lowest BCUT2D eigenvalue weighted by atomic mass is 10.1. The van der Waals surface area contributed by atoms with Gasteiger partial charge in [0.05, 0.1) is 31.2 Å². The topological polar surface area (TPSA) is 65.1 Å². The molecule has 0 spiro atoms. The predicted octanol–water partition coefficient (Wildman–Crippen LogP) is 6.94. The summed E-state index contributed by atoms with van der Waals surface area (Å²) >= 11 is 0. The number of carbonyl (C=O) groups excluding carboxylic acids is 2. The Kier molecular flexibility index (Phi) is 7.78. The molecule has 0 saturated heterocycles. The normalized spacial score (nSPS) is 10.6. The molecule has 180 valence electrons. The van der Waals surface area contributed by atoms with Gasteiger partial charge in [0.2, 0.25) is 0 Å². The van der Waals surface area contributed by atoms with E-state index in [9.17, 15) is 9.59 Å². The number of para-hydroxylation sites is 2. The van der Waals surface area contributed by atoms with E-state index < -0.39 is 6.09 Å². The van der Waals surface area contributed by atoms with E-state index in [2.05, 4.69) is 0 Å². The van der Waals surface area contributed by atoms with Gasteiger partial charge in [0, 0.05) is 0 Å². The standard InChI is InChI=1S/C30H25NO5/c1-34-25-17-19-29(35-2)27(21-25)28(32)18-16-22-10-9-15-26(20-22)36-30(33)31(23-11-5-3-6-12-23)24-13-7-4-8-14-24/h3-21H,1-2H3. The number of nitrogens with zero attached hydrogens (tertiary/aromatic N) is 1. The summed E-state index contributed by atoms with van der Waals surface area (Å²) < 4.78 is 16.2. The van der Waals surface area contributed by atoms with Crippen LogP contribution in [0.5, 0.6) is 17.2 Å². The highest BCUT2D eigenvalue weighted by Crippen LogP contribution is 2.28. The molecule has 6 heteroatoms. The van der Waals surface area contributed by atoms with Gasteiger partial charge in [0.15, 0.2) is 5.78 Å². The summed E-state index contributed by atoms with van der Waals surface area (Å²) in [7, 11) is 3.05. The number of ether oxygens (including phenoxy) is 3. The first kappa shape index (κ1) is 24.3. The molecule has 0 N–H and O–H groups in total. The molecule has 0 bridgehead atoms. The summed E-state index contributed by atoms with van der Waals surface area (Å²) in [6.07, 6.45) is 2.55. The van der Waals surface area contributed by atoms with Gasteiger partial charge >= 0.3 is 6.09 Å². The van der Waals surface area contributed by atoms with Crippen molar-refractivity contribution < 1.29 is 23.8 Å². The number of carbonyl (C=O) groups is 2. The molecule has 4 aromatic carbocycles. The van der Waals surface area contributed by atoms with Crippen molar-refractivity contribution in [3.8, 4) is 17.2 Å². The Morgan fingerprint density at radius 1 is 0.694 bits per heavy atom. The summed E-state index contributed by atoms with van der Waals surface area (Å²) in [4.78, 5) is 27.5. The average Bonchev–Trinajstić information content (AvgIpc) is 2.93. The van der Waals surface area contributed by atoms with Crippen LogP contribution in [0.4, 0.5) is 16.2 Å². The molecule has 4 aromatic rings. The molecular weight excluding hydrogens is 454 g/mol. The van der Waals surface area contributed by atoms with Crippen molar-refractivity contribution in [2.75, 3.05) is 19.1 Å². The van der Waals surface area contributed by atoms with E-state index >= 15 is 0 Å². The second-order valence-corrected chi connectivity index (χ2v) is 7.71. The summed E-state index contributed by atoms with van der Waals surface area (Å²) in [5.41, 5.74) is 2.45. The lowest BCUT2D eigenvalue weighted by Crippen LogP contribution is -2.29. The van der Waals surface area contributed by atoms with Crippen molar-refractivity contribution in [1.82, 2.24) is 0 Å². The number of hydrogen-bond donors (Lipinski definition) is 0. The first-order valence-electron chi connectivity index (χ1n) is 11.3. The zero-order chi connectivity index (χ0) is 25.3. The van der Waals surface area contributed by atoms with Gasteiger partial charge in [-0.05, 0) is 66.2 Å². The summed E-state index contributed by atoms with van der Waals surface area (Å²) in [6.45, 7) is 0. The summed E-state index contributed by atoms with van der Waals surface area (Å²) in [6, 6.07) is 30.6. The molecule has 0 unspecified atom stereocenters. The van der Waals surface area contributed by atoms with Gasteiger partial charge in [-0.2, -0.15) is 0 Å². The fourth-order valence-electron chi connectivity index (χ4n) is 3.61. The van der Waals surface area contributed by atoms with Gasteiger partial charge in [-0.1, -0.05) is 54.6 Å². The minimum atomic E-state index is -0.550. The van der Waals surface area contributed by atoms with Crippen molar-refractivity contribution in [3.05, 3.63) is 120 Å². The van der Waals surface area contributed by atoms with E-state index in [1.165, 1.54) is 25.2 Å². The molecular formula is C30H25NO5. The third-order valence-corrected chi connectivity index (χ3v) is 5.37. The highest BCUT2D eigenvalue weighted by Gasteiger charge is 2.20. The molecule has 0 heterocycles. The molecule has 0 aliphatic heterocycles. The fourth-order valence-corrected chi connectivity index (χ4v) is 3.61. The van der Waals surface area contributed by atoms with Crippen molar-refractivity contribution in [2.24, 2.45) is 0 Å². The first-order chi connectivity index (χ1) is 17.6. The van der Waals surface area contributed by atoms with Crippen LogP contribution >= 0.6 is 0 Å². The molecule has 1 amide bonds. The van der Waals surface area contributed by atoms with E-state index in [4.69, 9.17) is 14.2 Å². The zero-order valence-electron chi connectivity index (χ0n) is 20.0. The van der Waals surface area contributed by atoms with E-state index in [1.54, 1.807) is 42.5 Å². The van der Waals surface area contributed by atoms with Gasteiger partial charge in [0.1, 0.15) is 17.2 Å². The molecule has 0 radical (unpaired) electrons. The van der Waals surface area contributed by atoms with Crippen LogP contribution in [0.15, 0.2) is 109 Å². The number of allylic oxidation sites excluding steroid dienone is 1. The number of amides is 1. The smallest absolute Gasteiger partial charge is 0.424 e. The SMILES string of the molecule is COc1ccc(OC)c(C(=O)C=Cc2cccc(OC(=O)N(c3ccccc3)c3ccccc3)c2)c1. The first-order valence-corrected chi connectivity index (χ1v) is 11.3. The van der Waals surface area contributed by atoms with Crippen LogP contribution in [0.3, 0.4) is 0 Å². The monoisotopic (exact) mass is 479 g/mol. The van der Waals surface area contributed by atoms with Gasteiger partial charge < -0.3 is 14.2 Å². The maximum atomic E-state index is 13.2. The van der Waals surface area contributed by atoms with Crippen LogP contribution in [0.2, 0.25) is 0 Å². The molecule has 0 saturated carbocycles. The number of benzene rings is 4. The second kappa shape index (κ2) is 11.5. The van der Waals surface area contributed by atoms with Crippen LogP contribution in [-0.2, 0) is 0 Å². The lowest BCUT2D eigenvalue weighted by Gasteiger charge is -2.22. The van der Waals surface area contributed by atoms with E-state index in [1.807, 2.05) is 66.7 Å². The minimum absolute atomic E-state index is 0.243. The highest BCUT2D eigenvalue weighted by molar-refractivity contribution is 6.09. The second-order valence-electron chi connectivity index (χ2n) is 7.71. The van der Waals surface area contributed by atoms with Gasteiger partial charge in [0.25, 0.3) is 0 Å². The number of methoxy groups -OCH3 is 2. The Balaban J connectivity index is 1.54. The minimum Gasteiger partial charge on any atom is -0.497 e. The molecule has 0 aliphatic rings. The Labute approximate surface area is 210 Å². The van der Waals surface area contributed by atoms with Crippen LogP contribution in [0.1, 0.15) is 15.9 Å². The molecule has 4 rings (SSSR count). The Morgan fingerprint density at radius 3 is 1.97 bits per heavy atom. The van der Waals surface area contributed by atoms with Crippen molar-refractivity contribution in [2.45, 2.75) is 0 Å². The number of anilines is 2. The number of hydrogen-bond acceptors (Lipinski definition) is 5. The Bertz CT molecular complexity index is 1330. The van der Waals surface area contributed by atoms with Gasteiger partial charge in [-0.25, -0.2) is 9.69 Å². The number of rotatable bonds is 8. The zero-order valence-corrected chi connectivity index (χ0v) is 20.0. The molecule has 0 aliphatic carbocycles.